The minimum absolute atomic E-state index is 0. The molecule has 0 aliphatic heterocycles. The zero-order chi connectivity index (χ0) is 12.0. The number of imidazole rings is 1. The van der Waals surface area contributed by atoms with Crippen molar-refractivity contribution in [3.8, 4) is 0 Å². The third-order valence-corrected chi connectivity index (χ3v) is 2.31. The third kappa shape index (κ3) is 5.57. The Morgan fingerprint density at radius 2 is 2.41 bits per heavy atom. The molecule has 0 unspecified atom stereocenters. The Bertz CT molecular complexity index is 347. The van der Waals surface area contributed by atoms with Crippen LogP contribution in [0.3, 0.4) is 0 Å². The molecule has 98 valence electrons. The van der Waals surface area contributed by atoms with E-state index in [0.717, 1.165) is 11.9 Å². The quantitative estimate of drug-likeness (QED) is 0.318. The fourth-order valence-corrected chi connectivity index (χ4v) is 1.52. The average molecular weight is 374 g/mol. The highest BCUT2D eigenvalue weighted by atomic mass is 79.9. The van der Waals surface area contributed by atoms with Gasteiger partial charge in [-0.25, -0.2) is 4.57 Å². The highest BCUT2D eigenvalue weighted by Crippen LogP contribution is 2.07. The predicted octanol–water partition coefficient (Wildman–Crippen LogP) is 0.715. The third-order valence-electron chi connectivity index (χ3n) is 1.92. The fourth-order valence-electron chi connectivity index (χ4n) is 1.24. The van der Waals surface area contributed by atoms with Gasteiger partial charge in [0.1, 0.15) is 12.4 Å². The Hall–Kier alpha value is -0.510. The summed E-state index contributed by atoms with van der Waals surface area (Å²) >= 11 is 3.24. The van der Waals surface area contributed by atoms with Crippen molar-refractivity contribution < 1.29 is 10.0 Å². The Labute approximate surface area is 117 Å². The summed E-state index contributed by atoms with van der Waals surface area (Å²) in [7, 11) is 0. The number of rotatable bonds is 7. The number of halogens is 2. The SMILES string of the molecule is Br.O=[N+]([O-])c1nccn1C[C@H](O)CNCCBr. The monoisotopic (exact) mass is 372 g/mol. The van der Waals surface area contributed by atoms with Gasteiger partial charge in [-0.3, -0.25) is 0 Å². The van der Waals surface area contributed by atoms with Crippen LogP contribution >= 0.6 is 32.9 Å². The van der Waals surface area contributed by atoms with Gasteiger partial charge < -0.3 is 20.5 Å². The van der Waals surface area contributed by atoms with E-state index in [4.69, 9.17) is 0 Å². The van der Waals surface area contributed by atoms with Gasteiger partial charge in [-0.05, 0) is 4.92 Å². The van der Waals surface area contributed by atoms with E-state index in [1.165, 1.54) is 17.0 Å². The molecular formula is C8H14Br2N4O3. The molecule has 0 radical (unpaired) electrons. The van der Waals surface area contributed by atoms with Crippen molar-refractivity contribution in [1.82, 2.24) is 14.9 Å². The van der Waals surface area contributed by atoms with Crippen molar-refractivity contribution in [1.29, 1.82) is 0 Å². The second-order valence-electron chi connectivity index (χ2n) is 3.18. The molecule has 17 heavy (non-hydrogen) atoms. The van der Waals surface area contributed by atoms with Crippen LogP contribution in [-0.2, 0) is 6.54 Å². The fraction of sp³-hybridized carbons (Fsp3) is 0.625. The van der Waals surface area contributed by atoms with E-state index in [9.17, 15) is 15.2 Å². The second kappa shape index (κ2) is 8.56. The zero-order valence-corrected chi connectivity index (χ0v) is 12.3. The van der Waals surface area contributed by atoms with Gasteiger partial charge in [-0.1, -0.05) is 20.9 Å². The molecule has 1 rings (SSSR count). The van der Waals surface area contributed by atoms with E-state index < -0.39 is 11.0 Å². The van der Waals surface area contributed by atoms with Gasteiger partial charge in [0.2, 0.25) is 0 Å². The van der Waals surface area contributed by atoms with Gasteiger partial charge in [0.25, 0.3) is 0 Å². The number of aliphatic hydroxyl groups is 1. The lowest BCUT2D eigenvalue weighted by Gasteiger charge is -2.10. The lowest BCUT2D eigenvalue weighted by molar-refractivity contribution is -0.397. The number of aliphatic hydroxyl groups excluding tert-OH is 1. The smallest absolute Gasteiger partial charge is 0.390 e. The molecule has 1 heterocycles. The minimum atomic E-state index is -0.674. The first kappa shape index (κ1) is 16.5. The lowest BCUT2D eigenvalue weighted by atomic mass is 10.3. The first-order valence-corrected chi connectivity index (χ1v) is 5.87. The first-order chi connectivity index (χ1) is 7.65. The van der Waals surface area contributed by atoms with Crippen molar-refractivity contribution in [2.45, 2.75) is 12.6 Å². The van der Waals surface area contributed by atoms with Crippen LogP contribution in [0.2, 0.25) is 0 Å². The lowest BCUT2D eigenvalue weighted by Crippen LogP contribution is -2.31. The maximum absolute atomic E-state index is 10.5. The van der Waals surface area contributed by atoms with Crippen LogP contribution in [0.25, 0.3) is 0 Å². The maximum atomic E-state index is 10.5. The summed E-state index contributed by atoms with van der Waals surface area (Å²) in [5.41, 5.74) is 0. The summed E-state index contributed by atoms with van der Waals surface area (Å²) < 4.78 is 1.32. The summed E-state index contributed by atoms with van der Waals surface area (Å²) in [6.45, 7) is 1.29. The molecule has 0 bridgehead atoms. The van der Waals surface area contributed by atoms with Crippen molar-refractivity contribution in [2.24, 2.45) is 0 Å². The van der Waals surface area contributed by atoms with Crippen molar-refractivity contribution >= 4 is 38.9 Å². The number of hydrogen-bond acceptors (Lipinski definition) is 5. The maximum Gasteiger partial charge on any atom is 0.434 e. The van der Waals surface area contributed by atoms with Crippen LogP contribution in [0.4, 0.5) is 5.95 Å². The molecule has 0 aliphatic rings. The average Bonchev–Trinajstić information content (AvgIpc) is 2.66. The van der Waals surface area contributed by atoms with E-state index >= 15 is 0 Å². The van der Waals surface area contributed by atoms with Gasteiger partial charge in [0.05, 0.1) is 12.6 Å². The summed E-state index contributed by atoms with van der Waals surface area (Å²) in [5.74, 6) is -0.250. The molecule has 2 N–H and O–H groups in total. The number of nitrogens with one attached hydrogen (secondary N) is 1. The van der Waals surface area contributed by atoms with Crippen LogP contribution in [0.1, 0.15) is 0 Å². The van der Waals surface area contributed by atoms with E-state index in [0.29, 0.717) is 6.54 Å². The molecule has 0 aliphatic carbocycles. The summed E-state index contributed by atoms with van der Waals surface area (Å²) in [6, 6.07) is 0. The molecule has 0 saturated heterocycles. The summed E-state index contributed by atoms with van der Waals surface area (Å²) in [6.07, 6.45) is 2.15. The molecule has 1 aromatic rings. The number of nitrogens with zero attached hydrogens (tertiary/aromatic N) is 3. The molecule has 1 aromatic heterocycles. The van der Waals surface area contributed by atoms with Crippen molar-refractivity contribution in [2.75, 3.05) is 18.4 Å². The Kier molecular flexibility index (Phi) is 8.30. The molecule has 1 atom stereocenters. The Morgan fingerprint density at radius 1 is 1.71 bits per heavy atom. The molecular weight excluding hydrogens is 360 g/mol. The molecule has 0 amide bonds. The minimum Gasteiger partial charge on any atom is -0.390 e. The number of hydrogen-bond donors (Lipinski definition) is 2. The molecule has 0 fully saturated rings. The molecule has 0 aromatic carbocycles. The number of alkyl halides is 1. The normalized spacial score (nSPS) is 11.9. The van der Waals surface area contributed by atoms with E-state index in [-0.39, 0.29) is 29.5 Å². The molecule has 9 heteroatoms. The number of aromatic nitrogens is 2. The zero-order valence-electron chi connectivity index (χ0n) is 8.95. The highest BCUT2D eigenvalue weighted by Gasteiger charge is 2.16. The summed E-state index contributed by atoms with van der Waals surface area (Å²) in [4.78, 5) is 13.6. The molecule has 0 saturated carbocycles. The molecule has 7 nitrogen and oxygen atoms in total. The topological polar surface area (TPSA) is 93.2 Å². The second-order valence-corrected chi connectivity index (χ2v) is 3.98. The predicted molar refractivity (Wildman–Crippen MR) is 71.9 cm³/mol. The van der Waals surface area contributed by atoms with E-state index in [2.05, 4.69) is 26.2 Å². The van der Waals surface area contributed by atoms with E-state index in [1.54, 1.807) is 0 Å². The largest absolute Gasteiger partial charge is 0.434 e. The highest BCUT2D eigenvalue weighted by molar-refractivity contribution is 9.09. The van der Waals surface area contributed by atoms with Crippen LogP contribution < -0.4 is 5.32 Å². The van der Waals surface area contributed by atoms with Gasteiger partial charge in [0.15, 0.2) is 0 Å². The van der Waals surface area contributed by atoms with Crippen LogP contribution in [0.15, 0.2) is 12.4 Å². The number of nitro groups is 1. The Morgan fingerprint density at radius 3 is 3.00 bits per heavy atom. The molecule has 0 spiro atoms. The van der Waals surface area contributed by atoms with Gasteiger partial charge in [-0.2, -0.15) is 0 Å². The van der Waals surface area contributed by atoms with Crippen LogP contribution in [0, 0.1) is 10.1 Å². The Balaban J connectivity index is 0.00000256. The van der Waals surface area contributed by atoms with Gasteiger partial charge in [0, 0.05) is 18.4 Å². The van der Waals surface area contributed by atoms with Crippen LogP contribution in [0.5, 0.6) is 0 Å². The van der Waals surface area contributed by atoms with Crippen molar-refractivity contribution in [3.05, 3.63) is 22.5 Å². The standard InChI is InChI=1S/C8H13BrN4O3.BrH/c9-1-2-10-5-7(14)6-12-4-3-11-8(12)13(15)16;/h3-4,7,10,14H,1-2,5-6H2;1H/t7-;/m1./s1. The summed E-state index contributed by atoms with van der Waals surface area (Å²) in [5, 5.41) is 23.9. The van der Waals surface area contributed by atoms with Crippen molar-refractivity contribution in [3.63, 3.8) is 0 Å². The first-order valence-electron chi connectivity index (χ1n) is 4.75. The van der Waals surface area contributed by atoms with E-state index in [1.807, 2.05) is 0 Å². The van der Waals surface area contributed by atoms with Gasteiger partial charge >= 0.3 is 5.95 Å². The van der Waals surface area contributed by atoms with Gasteiger partial charge in [-0.15, -0.1) is 17.0 Å². The van der Waals surface area contributed by atoms with Crippen LogP contribution in [-0.4, -0.2) is 44.1 Å².